The maximum Gasteiger partial charge on any atom is 0.355 e. The van der Waals surface area contributed by atoms with E-state index in [1.165, 1.54) is 31.3 Å². The largest absolute Gasteiger partial charge is 0.465 e. The predicted octanol–water partition coefficient (Wildman–Crippen LogP) is 3.08. The minimum absolute atomic E-state index is 0.0166. The molecule has 1 aromatic rings. The lowest BCUT2D eigenvalue weighted by atomic mass is 10.1. The Balaban J connectivity index is 2.12. The monoisotopic (exact) mass is 413 g/mol. The van der Waals surface area contributed by atoms with Gasteiger partial charge in [0.2, 0.25) is 0 Å². The smallest absolute Gasteiger partial charge is 0.355 e. The lowest BCUT2D eigenvalue weighted by Crippen LogP contribution is -2.30. The molecule has 2 heterocycles. The van der Waals surface area contributed by atoms with Crippen LogP contribution in [-0.4, -0.2) is 44.2 Å². The van der Waals surface area contributed by atoms with Crippen molar-refractivity contribution in [3.8, 4) is 0 Å². The molecule has 1 saturated heterocycles. The summed E-state index contributed by atoms with van der Waals surface area (Å²) in [7, 11) is 2.40. The van der Waals surface area contributed by atoms with Crippen LogP contribution >= 0.6 is 0 Å². The number of benzene rings is 1. The number of carbonyl (C=O) groups is 2. The van der Waals surface area contributed by atoms with Crippen molar-refractivity contribution >= 4 is 29.0 Å². The second-order valence-corrected chi connectivity index (χ2v) is 6.79. The summed E-state index contributed by atoms with van der Waals surface area (Å²) in [5.74, 6) is -1.49. The van der Waals surface area contributed by atoms with E-state index >= 15 is 0 Å². The van der Waals surface area contributed by atoms with Gasteiger partial charge in [-0.3, -0.25) is 10.1 Å². The zero-order valence-corrected chi connectivity index (χ0v) is 16.9. The molecule has 0 N–H and O–H groups in total. The van der Waals surface area contributed by atoms with E-state index in [1.807, 2.05) is 4.90 Å². The Morgan fingerprint density at radius 1 is 1.03 bits per heavy atom. The van der Waals surface area contributed by atoms with Gasteiger partial charge in [-0.2, -0.15) is 0 Å². The molecule has 158 valence electrons. The lowest BCUT2D eigenvalue weighted by molar-refractivity contribution is -0.384. The summed E-state index contributed by atoms with van der Waals surface area (Å²) in [5, 5.41) is 11.8. The highest BCUT2D eigenvalue weighted by molar-refractivity contribution is 6.05. The quantitative estimate of drug-likeness (QED) is 0.412. The maximum atomic E-state index is 12.5. The molecule has 1 aromatic carbocycles. The van der Waals surface area contributed by atoms with Gasteiger partial charge in [0.1, 0.15) is 11.4 Å². The third-order valence-corrected chi connectivity index (χ3v) is 5.02. The molecule has 2 aliphatic heterocycles. The van der Waals surface area contributed by atoms with Crippen LogP contribution in [0.25, 0.3) is 0 Å². The molecule has 0 amide bonds. The van der Waals surface area contributed by atoms with Crippen molar-refractivity contribution in [3.63, 3.8) is 0 Å². The van der Waals surface area contributed by atoms with E-state index in [1.54, 1.807) is 30.5 Å². The highest BCUT2D eigenvalue weighted by Gasteiger charge is 2.29. The van der Waals surface area contributed by atoms with Crippen LogP contribution in [-0.2, 0) is 19.1 Å². The molecule has 2 aliphatic rings. The molecule has 3 rings (SSSR count). The van der Waals surface area contributed by atoms with E-state index < -0.39 is 16.9 Å². The summed E-state index contributed by atoms with van der Waals surface area (Å²) >= 11 is 0. The predicted molar refractivity (Wildman–Crippen MR) is 111 cm³/mol. The third kappa shape index (κ3) is 4.19. The van der Waals surface area contributed by atoms with Crippen molar-refractivity contribution in [3.05, 3.63) is 64.0 Å². The molecule has 0 saturated carbocycles. The molecule has 0 atom stereocenters. The second-order valence-electron chi connectivity index (χ2n) is 6.79. The fraction of sp³-hybridized carbons (Fsp3) is 0.333. The number of anilines is 2. The summed E-state index contributed by atoms with van der Waals surface area (Å²) in [6.45, 7) is 1.51. The Kier molecular flexibility index (Phi) is 6.51. The van der Waals surface area contributed by atoms with Crippen molar-refractivity contribution in [2.24, 2.45) is 0 Å². The average Bonchev–Trinajstić information content (AvgIpc) is 3.01. The minimum atomic E-state index is -0.769. The third-order valence-electron chi connectivity index (χ3n) is 5.02. The van der Waals surface area contributed by atoms with Crippen molar-refractivity contribution in [2.45, 2.75) is 19.3 Å². The number of allylic oxidation sites excluding steroid dienone is 2. The first-order valence-corrected chi connectivity index (χ1v) is 9.56. The van der Waals surface area contributed by atoms with Crippen LogP contribution < -0.4 is 9.80 Å². The van der Waals surface area contributed by atoms with Gasteiger partial charge in [0.15, 0.2) is 0 Å². The van der Waals surface area contributed by atoms with E-state index in [0.717, 1.165) is 32.4 Å². The van der Waals surface area contributed by atoms with E-state index in [9.17, 15) is 19.7 Å². The van der Waals surface area contributed by atoms with E-state index in [2.05, 4.69) is 0 Å². The number of esters is 2. The van der Waals surface area contributed by atoms with Crippen LogP contribution in [0.2, 0.25) is 0 Å². The number of nitrogens with zero attached hydrogens (tertiary/aromatic N) is 3. The normalized spacial score (nSPS) is 16.3. The molecule has 0 aliphatic carbocycles. The first-order chi connectivity index (χ1) is 14.5. The minimum Gasteiger partial charge on any atom is -0.465 e. The molecular formula is C21H23N3O6. The van der Waals surface area contributed by atoms with Crippen molar-refractivity contribution < 1.29 is 24.0 Å². The van der Waals surface area contributed by atoms with Gasteiger partial charge in [-0.1, -0.05) is 6.08 Å². The number of carbonyl (C=O) groups excluding carboxylic acids is 2. The number of rotatable bonds is 5. The molecule has 1 fully saturated rings. The van der Waals surface area contributed by atoms with Crippen molar-refractivity contribution in [1.29, 1.82) is 0 Å². The Hall–Kier alpha value is -3.62. The molecule has 0 radical (unpaired) electrons. The number of piperidine rings is 1. The first-order valence-electron chi connectivity index (χ1n) is 9.56. The van der Waals surface area contributed by atoms with Gasteiger partial charge in [0.25, 0.3) is 5.69 Å². The van der Waals surface area contributed by atoms with Crippen LogP contribution in [0.3, 0.4) is 0 Å². The van der Waals surface area contributed by atoms with Crippen LogP contribution in [0.4, 0.5) is 17.1 Å². The molecule has 9 nitrogen and oxygen atoms in total. The molecule has 0 spiro atoms. The zero-order chi connectivity index (χ0) is 21.7. The average molecular weight is 413 g/mol. The molecule has 9 heteroatoms. The molecule has 30 heavy (non-hydrogen) atoms. The van der Waals surface area contributed by atoms with Gasteiger partial charge in [0, 0.05) is 25.4 Å². The van der Waals surface area contributed by atoms with Crippen LogP contribution in [0.1, 0.15) is 19.3 Å². The second kappa shape index (κ2) is 9.25. The summed E-state index contributed by atoms with van der Waals surface area (Å²) < 4.78 is 9.65. The van der Waals surface area contributed by atoms with Gasteiger partial charge in [0.05, 0.1) is 30.4 Å². The molecule has 0 bridgehead atoms. The Bertz CT molecular complexity index is 944. The number of nitro groups is 1. The Morgan fingerprint density at radius 2 is 1.73 bits per heavy atom. The van der Waals surface area contributed by atoms with Crippen molar-refractivity contribution in [2.75, 3.05) is 37.1 Å². The van der Waals surface area contributed by atoms with Gasteiger partial charge in [-0.25, -0.2) is 9.59 Å². The van der Waals surface area contributed by atoms with Gasteiger partial charge in [-0.15, -0.1) is 0 Å². The summed E-state index contributed by atoms with van der Waals surface area (Å²) in [5.41, 5.74) is 0.719. The molecule has 0 aromatic heterocycles. The Labute approximate surface area is 174 Å². The topological polar surface area (TPSA) is 102 Å². The zero-order valence-electron chi connectivity index (χ0n) is 16.9. The summed E-state index contributed by atoms with van der Waals surface area (Å²) in [6, 6.07) is 4.76. The number of nitro benzene ring substituents is 1. The standard InChI is InChI=1S/C21H23N3O6/c1-29-20(25)16-8-4-7-13-23(19(16)21(26)30-2)15-9-10-17(18(14-15)24(27)28)22-11-5-3-6-12-22/h4,7-10,13-14H,3,5-6,11-12H2,1-2H3. The number of hydrogen-bond acceptors (Lipinski definition) is 8. The fourth-order valence-electron chi connectivity index (χ4n) is 3.58. The van der Waals surface area contributed by atoms with Crippen LogP contribution in [0.5, 0.6) is 0 Å². The highest BCUT2D eigenvalue weighted by Crippen LogP contribution is 2.36. The van der Waals surface area contributed by atoms with Crippen LogP contribution in [0.15, 0.2) is 53.9 Å². The maximum absolute atomic E-state index is 12.5. The van der Waals surface area contributed by atoms with Crippen molar-refractivity contribution in [1.82, 2.24) is 0 Å². The fourth-order valence-corrected chi connectivity index (χ4v) is 3.58. The van der Waals surface area contributed by atoms with Gasteiger partial charge < -0.3 is 19.3 Å². The summed E-state index contributed by atoms with van der Waals surface area (Å²) in [6.07, 6.45) is 9.24. The summed E-state index contributed by atoms with van der Waals surface area (Å²) in [4.78, 5) is 39.6. The van der Waals surface area contributed by atoms with E-state index in [0.29, 0.717) is 11.4 Å². The lowest BCUT2D eigenvalue weighted by Gasteiger charge is -2.29. The number of ether oxygens (including phenoxy) is 2. The van der Waals surface area contributed by atoms with Gasteiger partial charge >= 0.3 is 11.9 Å². The van der Waals surface area contributed by atoms with E-state index in [4.69, 9.17) is 9.47 Å². The number of hydrogen-bond donors (Lipinski definition) is 0. The molecular weight excluding hydrogens is 390 g/mol. The Morgan fingerprint density at radius 3 is 2.37 bits per heavy atom. The van der Waals surface area contributed by atoms with E-state index in [-0.39, 0.29) is 17.0 Å². The van der Waals surface area contributed by atoms with Crippen LogP contribution in [0, 0.1) is 10.1 Å². The first kappa shape index (κ1) is 21.1. The molecule has 0 unspecified atom stereocenters. The van der Waals surface area contributed by atoms with Gasteiger partial charge in [-0.05, 0) is 43.5 Å². The highest BCUT2D eigenvalue weighted by atomic mass is 16.6. The SMILES string of the molecule is COC(=O)C1=C(C(=O)OC)N(c2ccc(N3CCCCC3)c([N+](=O)[O-])c2)C=CC=C1. The number of methoxy groups -OCH3 is 2.